The fourth-order valence-electron chi connectivity index (χ4n) is 1.37. The van der Waals surface area contributed by atoms with Crippen molar-refractivity contribution in [3.8, 4) is 0 Å². The molecule has 0 bridgehead atoms. The van der Waals surface area contributed by atoms with Gasteiger partial charge in [0.2, 0.25) is 5.76 Å². The lowest BCUT2D eigenvalue weighted by Crippen LogP contribution is -2.50. The number of amides is 1. The summed E-state index contributed by atoms with van der Waals surface area (Å²) in [7, 11) is 0. The second-order valence-corrected chi connectivity index (χ2v) is 3.28. The molecule has 1 amide bonds. The van der Waals surface area contributed by atoms with Gasteiger partial charge in [0, 0.05) is 18.2 Å². The molecule has 1 aromatic heterocycles. The first-order valence-corrected chi connectivity index (χ1v) is 4.23. The van der Waals surface area contributed by atoms with Crippen LogP contribution in [0.15, 0.2) is 16.8 Å². The zero-order chi connectivity index (χ0) is 9.26. The van der Waals surface area contributed by atoms with Crippen molar-refractivity contribution >= 4 is 5.91 Å². The zero-order valence-corrected chi connectivity index (χ0v) is 7.06. The van der Waals surface area contributed by atoms with Crippen molar-refractivity contribution in [2.45, 2.75) is 24.9 Å². The summed E-state index contributed by atoms with van der Waals surface area (Å²) >= 11 is 0. The molecule has 3 N–H and O–H groups in total. The highest BCUT2D eigenvalue weighted by Crippen LogP contribution is 2.17. The molecular formula is C8H11N3O2. The molecule has 1 aliphatic carbocycles. The van der Waals surface area contributed by atoms with E-state index >= 15 is 0 Å². The van der Waals surface area contributed by atoms with Gasteiger partial charge in [0.15, 0.2) is 0 Å². The average molecular weight is 181 g/mol. The van der Waals surface area contributed by atoms with E-state index in [9.17, 15) is 4.79 Å². The molecule has 5 nitrogen and oxygen atoms in total. The van der Waals surface area contributed by atoms with Crippen molar-refractivity contribution < 1.29 is 9.32 Å². The first kappa shape index (κ1) is 8.25. The predicted octanol–water partition coefficient (Wildman–Crippen LogP) is -0.106. The number of aromatic nitrogens is 1. The van der Waals surface area contributed by atoms with Gasteiger partial charge in [0.25, 0.3) is 5.91 Å². The summed E-state index contributed by atoms with van der Waals surface area (Å²) in [6, 6.07) is 1.97. The fourth-order valence-corrected chi connectivity index (χ4v) is 1.37. The Morgan fingerprint density at radius 3 is 3.00 bits per heavy atom. The van der Waals surface area contributed by atoms with Gasteiger partial charge in [-0.3, -0.25) is 4.79 Å². The van der Waals surface area contributed by atoms with E-state index in [1.54, 1.807) is 0 Å². The molecule has 5 heteroatoms. The number of carbonyl (C=O) groups is 1. The largest absolute Gasteiger partial charge is 0.351 e. The van der Waals surface area contributed by atoms with Crippen molar-refractivity contribution in [1.82, 2.24) is 10.5 Å². The number of nitrogens with one attached hydrogen (secondary N) is 1. The molecule has 1 heterocycles. The maximum absolute atomic E-state index is 11.3. The predicted molar refractivity (Wildman–Crippen MR) is 45.0 cm³/mol. The molecule has 1 saturated carbocycles. The van der Waals surface area contributed by atoms with Crippen LogP contribution in [-0.2, 0) is 0 Å². The Balaban J connectivity index is 1.86. The van der Waals surface area contributed by atoms with Crippen LogP contribution in [0.5, 0.6) is 0 Å². The number of nitrogens with two attached hydrogens (primary N) is 1. The first-order chi connectivity index (χ1) is 6.25. The monoisotopic (exact) mass is 181 g/mol. The van der Waals surface area contributed by atoms with Crippen LogP contribution in [-0.4, -0.2) is 23.1 Å². The Kier molecular flexibility index (Phi) is 2.02. The van der Waals surface area contributed by atoms with Gasteiger partial charge in [-0.15, -0.1) is 0 Å². The lowest BCUT2D eigenvalue weighted by molar-refractivity contribution is 0.0872. The van der Waals surface area contributed by atoms with E-state index in [1.807, 2.05) is 0 Å². The lowest BCUT2D eigenvalue weighted by atomic mass is 9.87. The molecule has 0 aromatic carbocycles. The van der Waals surface area contributed by atoms with Gasteiger partial charge in [0.1, 0.15) is 0 Å². The second kappa shape index (κ2) is 3.18. The number of carbonyl (C=O) groups excluding carboxylic acids is 1. The third kappa shape index (κ3) is 1.70. The van der Waals surface area contributed by atoms with Crippen LogP contribution in [0, 0.1) is 0 Å². The van der Waals surface area contributed by atoms with E-state index in [1.165, 1.54) is 12.3 Å². The highest BCUT2D eigenvalue weighted by Gasteiger charge is 2.28. The molecule has 0 radical (unpaired) electrons. The van der Waals surface area contributed by atoms with Crippen molar-refractivity contribution in [3.05, 3.63) is 18.0 Å². The standard InChI is InChI=1S/C8H11N3O2/c9-5-3-6(4-5)11-8(12)7-1-2-10-13-7/h1-2,5-6H,3-4,9H2,(H,11,12). The normalized spacial score (nSPS) is 26.5. The van der Waals surface area contributed by atoms with E-state index < -0.39 is 0 Å². The molecule has 0 unspecified atom stereocenters. The van der Waals surface area contributed by atoms with Gasteiger partial charge in [-0.1, -0.05) is 5.16 Å². The van der Waals surface area contributed by atoms with E-state index in [4.69, 9.17) is 10.3 Å². The van der Waals surface area contributed by atoms with Crippen molar-refractivity contribution in [1.29, 1.82) is 0 Å². The van der Waals surface area contributed by atoms with Crippen molar-refractivity contribution in [2.24, 2.45) is 5.73 Å². The van der Waals surface area contributed by atoms with Crippen LogP contribution in [0.2, 0.25) is 0 Å². The summed E-state index contributed by atoms with van der Waals surface area (Å²) in [5.74, 6) is 0.0369. The summed E-state index contributed by atoms with van der Waals surface area (Å²) in [6.45, 7) is 0. The topological polar surface area (TPSA) is 81.1 Å². The minimum absolute atomic E-state index is 0.201. The third-order valence-corrected chi connectivity index (χ3v) is 2.17. The number of rotatable bonds is 2. The average Bonchev–Trinajstić information content (AvgIpc) is 2.53. The fraction of sp³-hybridized carbons (Fsp3) is 0.500. The highest BCUT2D eigenvalue weighted by atomic mass is 16.5. The molecule has 1 aliphatic rings. The van der Waals surface area contributed by atoms with Crippen LogP contribution in [0.4, 0.5) is 0 Å². The molecule has 13 heavy (non-hydrogen) atoms. The molecule has 70 valence electrons. The van der Waals surface area contributed by atoms with E-state index in [-0.39, 0.29) is 23.8 Å². The Morgan fingerprint density at radius 2 is 2.46 bits per heavy atom. The molecule has 2 rings (SSSR count). The molecule has 0 aliphatic heterocycles. The summed E-state index contributed by atoms with van der Waals surface area (Å²) < 4.78 is 4.70. The van der Waals surface area contributed by atoms with Crippen molar-refractivity contribution in [3.63, 3.8) is 0 Å². The summed E-state index contributed by atoms with van der Waals surface area (Å²) in [4.78, 5) is 11.3. The Morgan fingerprint density at radius 1 is 1.69 bits per heavy atom. The maximum Gasteiger partial charge on any atom is 0.290 e. The Labute approximate surface area is 75.3 Å². The summed E-state index contributed by atoms with van der Waals surface area (Å²) in [6.07, 6.45) is 3.14. The summed E-state index contributed by atoms with van der Waals surface area (Å²) in [5.41, 5.74) is 5.58. The van der Waals surface area contributed by atoms with Crippen LogP contribution in [0.25, 0.3) is 0 Å². The van der Waals surface area contributed by atoms with Gasteiger partial charge >= 0.3 is 0 Å². The van der Waals surface area contributed by atoms with Gasteiger partial charge in [-0.2, -0.15) is 0 Å². The van der Waals surface area contributed by atoms with Crippen molar-refractivity contribution in [2.75, 3.05) is 0 Å². The van der Waals surface area contributed by atoms with Crippen LogP contribution < -0.4 is 11.1 Å². The van der Waals surface area contributed by atoms with E-state index in [0.717, 1.165) is 12.8 Å². The van der Waals surface area contributed by atoms with Gasteiger partial charge in [-0.05, 0) is 12.8 Å². The van der Waals surface area contributed by atoms with Gasteiger partial charge < -0.3 is 15.6 Å². The van der Waals surface area contributed by atoms with Crippen LogP contribution in [0.3, 0.4) is 0 Å². The van der Waals surface area contributed by atoms with Crippen LogP contribution in [0.1, 0.15) is 23.4 Å². The van der Waals surface area contributed by atoms with Crippen LogP contribution >= 0.6 is 0 Å². The quantitative estimate of drug-likeness (QED) is 0.667. The molecule has 0 atom stereocenters. The zero-order valence-electron chi connectivity index (χ0n) is 7.06. The third-order valence-electron chi connectivity index (χ3n) is 2.17. The maximum atomic E-state index is 11.3. The number of nitrogens with zero attached hydrogens (tertiary/aromatic N) is 1. The van der Waals surface area contributed by atoms with E-state index in [2.05, 4.69) is 10.5 Å². The second-order valence-electron chi connectivity index (χ2n) is 3.28. The highest BCUT2D eigenvalue weighted by molar-refractivity contribution is 5.91. The minimum atomic E-state index is -0.214. The molecule has 0 spiro atoms. The first-order valence-electron chi connectivity index (χ1n) is 4.23. The summed E-state index contributed by atoms with van der Waals surface area (Å²) in [5, 5.41) is 6.25. The minimum Gasteiger partial charge on any atom is -0.351 e. The molecule has 1 fully saturated rings. The molecule has 0 saturated heterocycles. The smallest absolute Gasteiger partial charge is 0.290 e. The lowest BCUT2D eigenvalue weighted by Gasteiger charge is -2.32. The van der Waals surface area contributed by atoms with Gasteiger partial charge in [0.05, 0.1) is 6.20 Å². The van der Waals surface area contributed by atoms with Gasteiger partial charge in [-0.25, -0.2) is 0 Å². The number of hydrogen-bond donors (Lipinski definition) is 2. The molecular weight excluding hydrogens is 170 g/mol. The number of hydrogen-bond acceptors (Lipinski definition) is 4. The molecule has 1 aromatic rings. The van der Waals surface area contributed by atoms with E-state index in [0.29, 0.717) is 0 Å². The Bertz CT molecular complexity index is 290. The SMILES string of the molecule is NC1CC(NC(=O)c2ccno2)C1. The Hall–Kier alpha value is -1.36.